The Bertz CT molecular complexity index is 988. The highest BCUT2D eigenvalue weighted by Gasteiger charge is 2.16. The summed E-state index contributed by atoms with van der Waals surface area (Å²) in [5.74, 6) is 0.551. The van der Waals surface area contributed by atoms with Crippen LogP contribution < -0.4 is 0 Å². The van der Waals surface area contributed by atoms with Crippen molar-refractivity contribution in [3.63, 3.8) is 0 Å². The Morgan fingerprint density at radius 1 is 0.792 bits per heavy atom. The smallest absolute Gasteiger partial charge is 0.148 e. The third kappa shape index (κ3) is 2.61. The van der Waals surface area contributed by atoms with Gasteiger partial charge in [-0.2, -0.15) is 0 Å². The van der Waals surface area contributed by atoms with E-state index < -0.39 is 0 Å². The van der Waals surface area contributed by atoms with Gasteiger partial charge in [0, 0.05) is 10.9 Å². The first-order chi connectivity index (χ1) is 11.8. The molecule has 0 aliphatic rings. The summed E-state index contributed by atoms with van der Waals surface area (Å²) >= 11 is 1.65. The lowest BCUT2D eigenvalue weighted by Crippen LogP contribution is -1.79. The van der Waals surface area contributed by atoms with Gasteiger partial charge in [0.2, 0.25) is 0 Å². The first-order valence-electron chi connectivity index (χ1n) is 7.68. The maximum Gasteiger partial charge on any atom is 0.148 e. The second-order valence-corrected chi connectivity index (χ2v) is 6.36. The van der Waals surface area contributed by atoms with Crippen LogP contribution in [-0.4, -0.2) is 6.26 Å². The predicted octanol–water partition coefficient (Wildman–Crippen LogP) is 6.63. The van der Waals surface area contributed by atoms with E-state index in [9.17, 15) is 4.39 Å². The highest BCUT2D eigenvalue weighted by atomic mass is 32.2. The topological polar surface area (TPSA) is 13.1 Å². The summed E-state index contributed by atoms with van der Waals surface area (Å²) in [5.41, 5.74) is 4.07. The van der Waals surface area contributed by atoms with Gasteiger partial charge in [-0.3, -0.25) is 0 Å². The molecule has 0 radical (unpaired) electrons. The Kier molecular flexibility index (Phi) is 3.87. The van der Waals surface area contributed by atoms with Crippen molar-refractivity contribution in [2.24, 2.45) is 0 Å². The van der Waals surface area contributed by atoms with Crippen LogP contribution >= 0.6 is 11.8 Å². The number of benzene rings is 3. The molecule has 24 heavy (non-hydrogen) atoms. The van der Waals surface area contributed by atoms with Gasteiger partial charge in [-0.05, 0) is 53.8 Å². The molecule has 0 N–H and O–H groups in total. The molecule has 0 spiro atoms. The van der Waals surface area contributed by atoms with Crippen LogP contribution in [-0.2, 0) is 0 Å². The van der Waals surface area contributed by atoms with Crippen molar-refractivity contribution in [2.45, 2.75) is 4.90 Å². The molecule has 4 aromatic rings. The third-order valence-electron chi connectivity index (χ3n) is 4.06. The van der Waals surface area contributed by atoms with Gasteiger partial charge in [0.05, 0.1) is 4.90 Å². The molecule has 0 unspecified atom stereocenters. The summed E-state index contributed by atoms with van der Waals surface area (Å²) in [6, 6.07) is 22.9. The fourth-order valence-electron chi connectivity index (χ4n) is 2.88. The summed E-state index contributed by atoms with van der Waals surface area (Å²) in [7, 11) is 0. The lowest BCUT2D eigenvalue weighted by molar-refractivity contribution is 0.619. The number of hydrogen-bond acceptors (Lipinski definition) is 2. The van der Waals surface area contributed by atoms with E-state index >= 15 is 0 Å². The first-order valence-corrected chi connectivity index (χ1v) is 8.90. The Hall–Kier alpha value is -2.52. The molecule has 3 heteroatoms. The summed E-state index contributed by atoms with van der Waals surface area (Å²) < 4.78 is 19.3. The number of rotatable bonds is 3. The SMILES string of the molecule is CSc1c(-c2ccc(F)cc2)oc2ccc(-c3ccccc3)cc12. The molecule has 118 valence electrons. The van der Waals surface area contributed by atoms with Crippen LogP contribution in [0.1, 0.15) is 0 Å². The van der Waals surface area contributed by atoms with Crippen LogP contribution in [0.5, 0.6) is 0 Å². The van der Waals surface area contributed by atoms with E-state index in [0.717, 1.165) is 32.8 Å². The van der Waals surface area contributed by atoms with Crippen molar-refractivity contribution in [1.29, 1.82) is 0 Å². The molecule has 3 aromatic carbocycles. The average molecular weight is 334 g/mol. The zero-order valence-corrected chi connectivity index (χ0v) is 13.9. The van der Waals surface area contributed by atoms with Gasteiger partial charge >= 0.3 is 0 Å². The van der Waals surface area contributed by atoms with Crippen LogP contribution in [0, 0.1) is 5.82 Å². The second-order valence-electron chi connectivity index (χ2n) is 5.55. The molecule has 1 nitrogen and oxygen atoms in total. The van der Waals surface area contributed by atoms with Crippen molar-refractivity contribution in [1.82, 2.24) is 0 Å². The van der Waals surface area contributed by atoms with Crippen LogP contribution in [0.25, 0.3) is 33.4 Å². The molecule has 0 aliphatic heterocycles. The molecule has 0 fully saturated rings. The fourth-order valence-corrected chi connectivity index (χ4v) is 3.60. The highest BCUT2D eigenvalue weighted by molar-refractivity contribution is 7.99. The molecule has 0 aliphatic carbocycles. The normalized spacial score (nSPS) is 11.1. The number of furan rings is 1. The van der Waals surface area contributed by atoms with Gasteiger partial charge in [0.15, 0.2) is 0 Å². The van der Waals surface area contributed by atoms with Crippen molar-refractivity contribution >= 4 is 22.7 Å². The van der Waals surface area contributed by atoms with Gasteiger partial charge in [-0.25, -0.2) is 4.39 Å². The minimum Gasteiger partial charge on any atom is -0.455 e. The fraction of sp³-hybridized carbons (Fsp3) is 0.0476. The van der Waals surface area contributed by atoms with Crippen LogP contribution in [0.3, 0.4) is 0 Å². The van der Waals surface area contributed by atoms with Crippen molar-refractivity contribution < 1.29 is 8.81 Å². The second kappa shape index (κ2) is 6.17. The Morgan fingerprint density at radius 2 is 1.50 bits per heavy atom. The van der Waals surface area contributed by atoms with Gasteiger partial charge in [-0.15, -0.1) is 11.8 Å². The van der Waals surface area contributed by atoms with Gasteiger partial charge in [-0.1, -0.05) is 36.4 Å². The van der Waals surface area contributed by atoms with Gasteiger partial charge in [0.1, 0.15) is 17.2 Å². The molecular formula is C21H15FOS. The maximum atomic E-state index is 13.2. The minimum atomic E-state index is -0.244. The zero-order chi connectivity index (χ0) is 16.5. The standard InChI is InChI=1S/C21H15FOS/c1-24-21-18-13-16(14-5-3-2-4-6-14)9-12-19(18)23-20(21)15-7-10-17(22)11-8-15/h2-13H,1H3. The predicted molar refractivity (Wildman–Crippen MR) is 98.8 cm³/mol. The largest absolute Gasteiger partial charge is 0.455 e. The Labute approximate surface area is 144 Å². The summed E-state index contributed by atoms with van der Waals surface area (Å²) in [6.07, 6.45) is 2.03. The number of halogens is 1. The zero-order valence-electron chi connectivity index (χ0n) is 13.1. The molecule has 0 amide bonds. The van der Waals surface area contributed by atoms with Crippen LogP contribution in [0.4, 0.5) is 4.39 Å². The van der Waals surface area contributed by atoms with E-state index in [0.29, 0.717) is 0 Å². The molecule has 0 bridgehead atoms. The Balaban J connectivity index is 1.90. The third-order valence-corrected chi connectivity index (χ3v) is 4.87. The maximum absolute atomic E-state index is 13.2. The van der Waals surface area contributed by atoms with E-state index in [1.54, 1.807) is 23.9 Å². The summed E-state index contributed by atoms with van der Waals surface area (Å²) in [6.45, 7) is 0. The monoisotopic (exact) mass is 334 g/mol. The van der Waals surface area contributed by atoms with Crippen LogP contribution in [0.15, 0.2) is 82.1 Å². The van der Waals surface area contributed by atoms with E-state index in [1.165, 1.54) is 17.7 Å². The van der Waals surface area contributed by atoms with E-state index in [4.69, 9.17) is 4.42 Å². The van der Waals surface area contributed by atoms with E-state index in [1.807, 2.05) is 30.5 Å². The number of fused-ring (bicyclic) bond motifs is 1. The summed E-state index contributed by atoms with van der Waals surface area (Å²) in [4.78, 5) is 1.08. The average Bonchev–Trinajstić information content (AvgIpc) is 3.00. The molecule has 0 atom stereocenters. The first kappa shape index (κ1) is 15.0. The molecule has 4 rings (SSSR count). The quantitative estimate of drug-likeness (QED) is 0.390. The minimum absolute atomic E-state index is 0.244. The Morgan fingerprint density at radius 3 is 2.21 bits per heavy atom. The number of thioether (sulfide) groups is 1. The highest BCUT2D eigenvalue weighted by Crippen LogP contribution is 2.40. The van der Waals surface area contributed by atoms with E-state index in [-0.39, 0.29) is 5.82 Å². The van der Waals surface area contributed by atoms with Crippen LogP contribution in [0.2, 0.25) is 0 Å². The molecule has 0 saturated heterocycles. The van der Waals surface area contributed by atoms with Crippen molar-refractivity contribution in [2.75, 3.05) is 6.26 Å². The molecule has 0 saturated carbocycles. The summed E-state index contributed by atoms with van der Waals surface area (Å²) in [5, 5.41) is 1.09. The van der Waals surface area contributed by atoms with Gasteiger partial charge in [0.25, 0.3) is 0 Å². The van der Waals surface area contributed by atoms with Crippen molar-refractivity contribution in [3.8, 4) is 22.5 Å². The molecule has 1 heterocycles. The van der Waals surface area contributed by atoms with E-state index in [2.05, 4.69) is 24.3 Å². The molecular weight excluding hydrogens is 319 g/mol. The van der Waals surface area contributed by atoms with Crippen molar-refractivity contribution in [3.05, 3.63) is 78.6 Å². The van der Waals surface area contributed by atoms with Gasteiger partial charge < -0.3 is 4.42 Å². The lowest BCUT2D eigenvalue weighted by atomic mass is 10.0. The lowest BCUT2D eigenvalue weighted by Gasteiger charge is -2.02. The number of hydrogen-bond donors (Lipinski definition) is 0. The molecule has 1 aromatic heterocycles.